The number of nitrogens with two attached hydrogens (primary N) is 1. The van der Waals surface area contributed by atoms with Crippen LogP contribution in [0.1, 0.15) is 22.5 Å². The Balaban J connectivity index is 2.45. The highest BCUT2D eigenvalue weighted by Crippen LogP contribution is 2.23. The van der Waals surface area contributed by atoms with Gasteiger partial charge in [0.2, 0.25) is 0 Å². The summed E-state index contributed by atoms with van der Waals surface area (Å²) in [4.78, 5) is 4.18. The third-order valence-corrected chi connectivity index (χ3v) is 4.70. The van der Waals surface area contributed by atoms with Crippen LogP contribution in [0.5, 0.6) is 0 Å². The molecule has 0 aliphatic rings. The number of aromatic nitrogens is 3. The van der Waals surface area contributed by atoms with E-state index < -0.39 is 10.0 Å². The van der Waals surface area contributed by atoms with E-state index in [0.717, 1.165) is 5.56 Å². The van der Waals surface area contributed by atoms with Gasteiger partial charge in [-0.15, -0.1) is 5.10 Å². The van der Waals surface area contributed by atoms with Crippen molar-refractivity contribution >= 4 is 21.7 Å². The van der Waals surface area contributed by atoms with Crippen molar-refractivity contribution in [1.29, 1.82) is 0 Å². The minimum Gasteiger partial charge on any atom is -0.399 e. The number of nitrogen functional groups attached to an aromatic ring is 1. The van der Waals surface area contributed by atoms with E-state index >= 15 is 0 Å². The first-order chi connectivity index (χ1) is 9.70. The Hall–Kier alpha value is -2.22. The molecule has 3 N–H and O–H groups in total. The van der Waals surface area contributed by atoms with Gasteiger partial charge < -0.3 is 5.73 Å². The fourth-order valence-electron chi connectivity index (χ4n) is 1.81. The molecule has 0 amide bonds. The second-order valence-electron chi connectivity index (χ2n) is 4.87. The highest BCUT2D eigenvalue weighted by molar-refractivity contribution is 7.92. The summed E-state index contributed by atoms with van der Waals surface area (Å²) in [6.45, 7) is 7.01. The quantitative estimate of drug-likeness (QED) is 0.831. The number of hydrogen-bond donors (Lipinski definition) is 2. The van der Waals surface area contributed by atoms with Crippen molar-refractivity contribution in [2.24, 2.45) is 0 Å². The van der Waals surface area contributed by atoms with E-state index in [2.05, 4.69) is 19.9 Å². The summed E-state index contributed by atoms with van der Waals surface area (Å²) in [7, 11) is -3.81. The lowest BCUT2D eigenvalue weighted by Crippen LogP contribution is -2.18. The molecular formula is C13H17N5O2S. The van der Waals surface area contributed by atoms with Gasteiger partial charge in [0.05, 0.1) is 16.3 Å². The van der Waals surface area contributed by atoms with Gasteiger partial charge >= 0.3 is 0 Å². The summed E-state index contributed by atoms with van der Waals surface area (Å²) in [5.41, 5.74) is 8.81. The molecule has 2 rings (SSSR count). The Labute approximate surface area is 123 Å². The number of anilines is 2. The van der Waals surface area contributed by atoms with Crippen molar-refractivity contribution in [2.75, 3.05) is 10.5 Å². The molecular weight excluding hydrogens is 290 g/mol. The number of rotatable bonds is 3. The second-order valence-corrected chi connectivity index (χ2v) is 6.52. The van der Waals surface area contributed by atoms with Crippen molar-refractivity contribution in [3.05, 3.63) is 34.6 Å². The van der Waals surface area contributed by atoms with E-state index in [1.165, 1.54) is 6.07 Å². The Bertz CT molecular complexity index is 802. The maximum atomic E-state index is 12.4. The maximum absolute atomic E-state index is 12.4. The zero-order valence-electron chi connectivity index (χ0n) is 12.3. The van der Waals surface area contributed by atoms with Crippen molar-refractivity contribution < 1.29 is 8.42 Å². The molecule has 1 aromatic carbocycles. The molecule has 1 aromatic heterocycles. The van der Waals surface area contributed by atoms with Gasteiger partial charge in [-0.3, -0.25) is 0 Å². The molecule has 0 radical (unpaired) electrons. The summed E-state index contributed by atoms with van der Waals surface area (Å²) >= 11 is 0. The summed E-state index contributed by atoms with van der Waals surface area (Å²) in [5.74, 6) is -0.0578. The summed E-state index contributed by atoms with van der Waals surface area (Å²) in [5, 5.41) is 7.59. The van der Waals surface area contributed by atoms with Crippen LogP contribution in [-0.4, -0.2) is 23.6 Å². The molecule has 0 aliphatic heterocycles. The SMILES string of the molecule is Cc1cc(N)cc(S(=O)(=O)Nc2nnc(C)c(C)n2)c1C. The first-order valence-corrected chi connectivity index (χ1v) is 7.76. The highest BCUT2D eigenvalue weighted by atomic mass is 32.2. The number of benzene rings is 1. The number of hydrogen-bond acceptors (Lipinski definition) is 6. The van der Waals surface area contributed by atoms with E-state index in [9.17, 15) is 8.42 Å². The lowest BCUT2D eigenvalue weighted by atomic mass is 10.1. The van der Waals surface area contributed by atoms with Gasteiger partial charge in [0, 0.05) is 5.69 Å². The fraction of sp³-hybridized carbons (Fsp3) is 0.308. The summed E-state index contributed by atoms with van der Waals surface area (Å²) in [6, 6.07) is 3.14. The first kappa shape index (κ1) is 15.2. The van der Waals surface area contributed by atoms with Crippen molar-refractivity contribution in [3.8, 4) is 0 Å². The van der Waals surface area contributed by atoms with Crippen LogP contribution < -0.4 is 10.5 Å². The van der Waals surface area contributed by atoms with Crippen LogP contribution in [0, 0.1) is 27.7 Å². The van der Waals surface area contributed by atoms with Crippen LogP contribution in [0.3, 0.4) is 0 Å². The minimum atomic E-state index is -3.81. The topological polar surface area (TPSA) is 111 Å². The van der Waals surface area contributed by atoms with Gasteiger partial charge in [0.25, 0.3) is 16.0 Å². The fourth-order valence-corrected chi connectivity index (χ4v) is 3.10. The van der Waals surface area contributed by atoms with E-state index in [4.69, 9.17) is 5.73 Å². The normalized spacial score (nSPS) is 11.4. The minimum absolute atomic E-state index is 0.0578. The molecule has 0 saturated carbocycles. The summed E-state index contributed by atoms with van der Waals surface area (Å²) < 4.78 is 27.2. The Morgan fingerprint density at radius 1 is 1.05 bits per heavy atom. The maximum Gasteiger partial charge on any atom is 0.264 e. The predicted octanol–water partition coefficient (Wildman–Crippen LogP) is 1.49. The molecule has 112 valence electrons. The smallest absolute Gasteiger partial charge is 0.264 e. The van der Waals surface area contributed by atoms with Crippen molar-refractivity contribution in [1.82, 2.24) is 15.2 Å². The zero-order valence-corrected chi connectivity index (χ0v) is 13.1. The molecule has 0 aliphatic carbocycles. The average Bonchev–Trinajstić information content (AvgIpc) is 2.37. The Morgan fingerprint density at radius 3 is 2.33 bits per heavy atom. The van der Waals surface area contributed by atoms with Crippen molar-refractivity contribution in [2.45, 2.75) is 32.6 Å². The molecule has 1 heterocycles. The lowest BCUT2D eigenvalue weighted by Gasteiger charge is -2.12. The van der Waals surface area contributed by atoms with Crippen LogP contribution in [-0.2, 0) is 10.0 Å². The van der Waals surface area contributed by atoms with Crippen LogP contribution in [0.25, 0.3) is 0 Å². The largest absolute Gasteiger partial charge is 0.399 e. The number of nitrogens with one attached hydrogen (secondary N) is 1. The molecule has 2 aromatic rings. The van der Waals surface area contributed by atoms with Gasteiger partial charge in [-0.25, -0.2) is 18.1 Å². The summed E-state index contributed by atoms with van der Waals surface area (Å²) in [6.07, 6.45) is 0. The number of sulfonamides is 1. The highest BCUT2D eigenvalue weighted by Gasteiger charge is 2.20. The standard InChI is InChI=1S/C13H17N5O2S/c1-7-5-11(14)6-12(8(7)2)21(19,20)18-13-15-9(3)10(4)16-17-13/h5-6H,14H2,1-4H3,(H,15,17,18). The molecule has 7 nitrogen and oxygen atoms in total. The van der Waals surface area contributed by atoms with Gasteiger partial charge in [-0.1, -0.05) is 0 Å². The van der Waals surface area contributed by atoms with Gasteiger partial charge in [-0.05, 0) is 51.0 Å². The molecule has 0 unspecified atom stereocenters. The van der Waals surface area contributed by atoms with Crippen molar-refractivity contribution in [3.63, 3.8) is 0 Å². The molecule has 0 bridgehead atoms. The Morgan fingerprint density at radius 2 is 1.71 bits per heavy atom. The van der Waals surface area contributed by atoms with Crippen LogP contribution in [0.2, 0.25) is 0 Å². The van der Waals surface area contributed by atoms with Gasteiger partial charge in [-0.2, -0.15) is 5.10 Å². The molecule has 0 atom stereocenters. The zero-order chi connectivity index (χ0) is 15.8. The number of aryl methyl sites for hydroxylation is 3. The first-order valence-electron chi connectivity index (χ1n) is 6.28. The predicted molar refractivity (Wildman–Crippen MR) is 80.4 cm³/mol. The Kier molecular flexibility index (Phi) is 3.82. The molecule has 8 heteroatoms. The third-order valence-electron chi connectivity index (χ3n) is 3.25. The molecule has 0 fully saturated rings. The van der Waals surface area contributed by atoms with Crippen LogP contribution in [0.4, 0.5) is 11.6 Å². The van der Waals surface area contributed by atoms with Gasteiger partial charge in [0.15, 0.2) is 0 Å². The molecule has 21 heavy (non-hydrogen) atoms. The average molecular weight is 307 g/mol. The second kappa shape index (κ2) is 5.28. The monoisotopic (exact) mass is 307 g/mol. The molecule has 0 saturated heterocycles. The lowest BCUT2D eigenvalue weighted by molar-refractivity contribution is 0.600. The van der Waals surface area contributed by atoms with E-state index in [0.29, 0.717) is 22.6 Å². The van der Waals surface area contributed by atoms with E-state index in [1.54, 1.807) is 33.8 Å². The molecule has 0 spiro atoms. The van der Waals surface area contributed by atoms with Gasteiger partial charge in [0.1, 0.15) is 0 Å². The van der Waals surface area contributed by atoms with E-state index in [-0.39, 0.29) is 10.8 Å². The van der Waals surface area contributed by atoms with E-state index in [1.807, 2.05) is 0 Å². The third kappa shape index (κ3) is 3.10. The number of nitrogens with zero attached hydrogens (tertiary/aromatic N) is 3. The van der Waals surface area contributed by atoms with Crippen LogP contribution in [0.15, 0.2) is 17.0 Å². The van der Waals surface area contributed by atoms with Crippen LogP contribution >= 0.6 is 0 Å².